The van der Waals surface area contributed by atoms with Gasteiger partial charge >= 0.3 is 0 Å². The number of nitriles is 1. The molecule has 0 aliphatic heterocycles. The second-order valence-corrected chi connectivity index (χ2v) is 4.95. The number of nitrogens with zero attached hydrogens (tertiary/aromatic N) is 3. The predicted octanol–water partition coefficient (Wildman–Crippen LogP) is 2.41. The number of hydrogen-bond donors (Lipinski definition) is 0. The van der Waals surface area contributed by atoms with Gasteiger partial charge in [0.15, 0.2) is 0 Å². The molecule has 1 aromatic rings. The van der Waals surface area contributed by atoms with E-state index in [0.717, 1.165) is 12.8 Å². The van der Waals surface area contributed by atoms with Crippen LogP contribution in [0.4, 0.5) is 11.4 Å². The van der Waals surface area contributed by atoms with E-state index in [1.54, 1.807) is 6.07 Å². The van der Waals surface area contributed by atoms with Crippen molar-refractivity contribution in [2.45, 2.75) is 31.7 Å². The van der Waals surface area contributed by atoms with Gasteiger partial charge in [-0.15, -0.1) is 0 Å². The van der Waals surface area contributed by atoms with Crippen molar-refractivity contribution in [1.82, 2.24) is 0 Å². The molecule has 0 saturated heterocycles. The Kier molecular flexibility index (Phi) is 3.99. The summed E-state index contributed by atoms with van der Waals surface area (Å²) in [5.41, 5.74) is 0.588. The molecular weight excluding hydrogens is 258 g/mol. The summed E-state index contributed by atoms with van der Waals surface area (Å²) in [6.07, 6.45) is 2.66. The number of nitro groups is 1. The highest BCUT2D eigenvalue weighted by Crippen LogP contribution is 2.29. The van der Waals surface area contributed by atoms with E-state index in [9.17, 15) is 14.9 Å². The van der Waals surface area contributed by atoms with Crippen LogP contribution in [0.25, 0.3) is 0 Å². The second-order valence-electron chi connectivity index (χ2n) is 4.95. The minimum atomic E-state index is -0.541. The van der Waals surface area contributed by atoms with Crippen LogP contribution in [-0.2, 0) is 4.79 Å². The summed E-state index contributed by atoms with van der Waals surface area (Å²) >= 11 is 0. The molecule has 0 N–H and O–H groups in total. The molecule has 0 aromatic heterocycles. The standard InChI is InChI=1S/C14H15N3O3/c1-16(11-4-6-13(18)7-5-11)12-3-2-10(9-15)14(8-12)17(19)20/h2-3,8,11H,4-7H2,1H3. The van der Waals surface area contributed by atoms with Crippen molar-refractivity contribution >= 4 is 17.2 Å². The van der Waals surface area contributed by atoms with Crippen LogP contribution in [0.1, 0.15) is 31.2 Å². The van der Waals surface area contributed by atoms with Gasteiger partial charge in [-0.3, -0.25) is 14.9 Å². The number of hydrogen-bond acceptors (Lipinski definition) is 5. The van der Waals surface area contributed by atoms with Crippen LogP contribution in [-0.4, -0.2) is 23.8 Å². The highest BCUT2D eigenvalue weighted by molar-refractivity contribution is 5.79. The van der Waals surface area contributed by atoms with Gasteiger partial charge < -0.3 is 4.90 Å². The Labute approximate surface area is 116 Å². The Morgan fingerprint density at radius 2 is 2.05 bits per heavy atom. The number of ketones is 1. The molecule has 0 atom stereocenters. The summed E-state index contributed by atoms with van der Waals surface area (Å²) in [6, 6.07) is 6.64. The average molecular weight is 273 g/mol. The van der Waals surface area contributed by atoms with E-state index in [2.05, 4.69) is 0 Å². The molecule has 0 heterocycles. The number of Topliss-reactive ketones (excluding diaryl/α,β-unsaturated/α-hetero) is 1. The minimum absolute atomic E-state index is 0.0611. The normalized spacial score (nSPS) is 15.7. The topological polar surface area (TPSA) is 87.2 Å². The fraction of sp³-hybridized carbons (Fsp3) is 0.429. The van der Waals surface area contributed by atoms with Crippen LogP contribution in [0.2, 0.25) is 0 Å². The van der Waals surface area contributed by atoms with Crippen LogP contribution < -0.4 is 4.90 Å². The van der Waals surface area contributed by atoms with E-state index < -0.39 is 4.92 Å². The van der Waals surface area contributed by atoms with Crippen molar-refractivity contribution in [2.75, 3.05) is 11.9 Å². The average Bonchev–Trinajstić information content (AvgIpc) is 2.46. The molecule has 6 nitrogen and oxygen atoms in total. The van der Waals surface area contributed by atoms with Gasteiger partial charge in [-0.2, -0.15) is 5.26 Å². The van der Waals surface area contributed by atoms with E-state index >= 15 is 0 Å². The van der Waals surface area contributed by atoms with Gasteiger partial charge in [0.25, 0.3) is 5.69 Å². The van der Waals surface area contributed by atoms with Crippen molar-refractivity contribution in [3.8, 4) is 6.07 Å². The highest BCUT2D eigenvalue weighted by atomic mass is 16.6. The first-order valence-corrected chi connectivity index (χ1v) is 6.46. The first-order chi connectivity index (χ1) is 9.52. The van der Waals surface area contributed by atoms with Crippen molar-refractivity contribution < 1.29 is 9.72 Å². The van der Waals surface area contributed by atoms with Gasteiger partial charge in [-0.1, -0.05) is 0 Å². The molecule has 1 aromatic carbocycles. The van der Waals surface area contributed by atoms with Gasteiger partial charge in [0.05, 0.1) is 4.92 Å². The fourth-order valence-electron chi connectivity index (χ4n) is 2.51. The Morgan fingerprint density at radius 1 is 1.40 bits per heavy atom. The maximum atomic E-state index is 11.3. The summed E-state index contributed by atoms with van der Waals surface area (Å²) in [5.74, 6) is 0.278. The summed E-state index contributed by atoms with van der Waals surface area (Å²) in [5, 5.41) is 19.8. The minimum Gasteiger partial charge on any atom is -0.371 e. The van der Waals surface area contributed by atoms with Gasteiger partial charge in [-0.25, -0.2) is 0 Å². The Bertz CT molecular complexity index is 582. The van der Waals surface area contributed by atoms with Crippen LogP contribution in [0.5, 0.6) is 0 Å². The number of anilines is 1. The molecule has 2 rings (SSSR count). The largest absolute Gasteiger partial charge is 0.371 e. The Morgan fingerprint density at radius 3 is 2.60 bits per heavy atom. The van der Waals surface area contributed by atoms with Crippen LogP contribution in [0.15, 0.2) is 18.2 Å². The van der Waals surface area contributed by atoms with E-state index in [4.69, 9.17) is 5.26 Å². The molecule has 0 radical (unpaired) electrons. The number of nitro benzene ring substituents is 1. The summed E-state index contributed by atoms with van der Waals surface area (Å²) in [7, 11) is 1.87. The number of carbonyl (C=O) groups excluding carboxylic acids is 1. The Balaban J connectivity index is 2.24. The lowest BCUT2D eigenvalue weighted by Gasteiger charge is -2.32. The molecular formula is C14H15N3O3. The summed E-state index contributed by atoms with van der Waals surface area (Å²) < 4.78 is 0. The third-order valence-electron chi connectivity index (χ3n) is 3.77. The number of carbonyl (C=O) groups is 1. The molecule has 1 saturated carbocycles. The predicted molar refractivity (Wildman–Crippen MR) is 73.5 cm³/mol. The van der Waals surface area contributed by atoms with Crippen LogP contribution in [0.3, 0.4) is 0 Å². The molecule has 6 heteroatoms. The Hall–Kier alpha value is -2.42. The first-order valence-electron chi connectivity index (χ1n) is 6.46. The molecule has 1 aliphatic rings. The van der Waals surface area contributed by atoms with E-state index in [1.165, 1.54) is 12.1 Å². The van der Waals surface area contributed by atoms with Gasteiger partial charge in [0.1, 0.15) is 17.4 Å². The lowest BCUT2D eigenvalue weighted by Crippen LogP contribution is -2.35. The third-order valence-corrected chi connectivity index (χ3v) is 3.77. The third kappa shape index (κ3) is 2.77. The molecule has 0 unspecified atom stereocenters. The lowest BCUT2D eigenvalue weighted by molar-refractivity contribution is -0.385. The van der Waals surface area contributed by atoms with E-state index in [1.807, 2.05) is 18.0 Å². The zero-order valence-electron chi connectivity index (χ0n) is 11.2. The van der Waals surface area contributed by atoms with Crippen molar-refractivity contribution in [3.63, 3.8) is 0 Å². The number of rotatable bonds is 3. The molecule has 1 aliphatic carbocycles. The maximum Gasteiger partial charge on any atom is 0.289 e. The van der Waals surface area contributed by atoms with Crippen LogP contribution in [0, 0.1) is 21.4 Å². The van der Waals surface area contributed by atoms with Crippen molar-refractivity contribution in [2.24, 2.45) is 0 Å². The first kappa shape index (κ1) is 14.0. The highest BCUT2D eigenvalue weighted by Gasteiger charge is 2.24. The second kappa shape index (κ2) is 5.70. The molecule has 0 bridgehead atoms. The summed E-state index contributed by atoms with van der Waals surface area (Å²) in [6.45, 7) is 0. The van der Waals surface area contributed by atoms with Gasteiger partial charge in [0, 0.05) is 37.7 Å². The summed E-state index contributed by atoms with van der Waals surface area (Å²) in [4.78, 5) is 23.6. The smallest absolute Gasteiger partial charge is 0.289 e. The van der Waals surface area contributed by atoms with E-state index in [0.29, 0.717) is 18.5 Å². The van der Waals surface area contributed by atoms with E-state index in [-0.39, 0.29) is 23.1 Å². The lowest BCUT2D eigenvalue weighted by atomic mass is 9.93. The molecule has 1 fully saturated rings. The zero-order valence-corrected chi connectivity index (χ0v) is 11.2. The molecule has 104 valence electrons. The zero-order chi connectivity index (χ0) is 14.7. The molecule has 0 spiro atoms. The quantitative estimate of drug-likeness (QED) is 0.623. The molecule has 0 amide bonds. The fourth-order valence-corrected chi connectivity index (χ4v) is 2.51. The van der Waals surface area contributed by atoms with Gasteiger partial charge in [-0.05, 0) is 25.0 Å². The van der Waals surface area contributed by atoms with Gasteiger partial charge in [0.2, 0.25) is 0 Å². The molecule has 20 heavy (non-hydrogen) atoms. The monoisotopic (exact) mass is 273 g/mol. The van der Waals surface area contributed by atoms with Crippen molar-refractivity contribution in [1.29, 1.82) is 5.26 Å². The maximum absolute atomic E-state index is 11.3. The van der Waals surface area contributed by atoms with Crippen molar-refractivity contribution in [3.05, 3.63) is 33.9 Å². The van der Waals surface area contributed by atoms with Crippen LogP contribution >= 0.6 is 0 Å². The number of benzene rings is 1. The SMILES string of the molecule is CN(c1ccc(C#N)c([N+](=O)[O-])c1)C1CCC(=O)CC1.